The first-order valence-corrected chi connectivity index (χ1v) is 9.69. The summed E-state index contributed by atoms with van der Waals surface area (Å²) >= 11 is 11.4. The van der Waals surface area contributed by atoms with Gasteiger partial charge in [-0.25, -0.2) is 4.39 Å². The van der Waals surface area contributed by atoms with Crippen molar-refractivity contribution >= 4 is 41.2 Å². The van der Waals surface area contributed by atoms with E-state index in [9.17, 15) is 27.2 Å². The number of halogens is 6. The molecular formula is C21H14Cl2F4N2O3. The molecule has 0 fully saturated rings. The topological polar surface area (TPSA) is 59.0 Å². The molecule has 2 aromatic carbocycles. The molecule has 0 unspecified atom stereocenters. The zero-order chi connectivity index (χ0) is 23.8. The third kappa shape index (κ3) is 3.98. The summed E-state index contributed by atoms with van der Waals surface area (Å²) in [7, 11) is 0. The summed E-state index contributed by atoms with van der Waals surface area (Å²) in [5.41, 5.74) is -2.68. The Balaban J connectivity index is 1.99. The first-order chi connectivity index (χ1) is 14.9. The molecule has 5 nitrogen and oxygen atoms in total. The number of nitrogens with zero attached hydrogens (tertiary/aromatic N) is 2. The number of hydrogen-bond donors (Lipinski definition) is 0. The smallest absolute Gasteiger partial charge is 0.374 e. The van der Waals surface area contributed by atoms with Crippen LogP contribution < -0.4 is 0 Å². The van der Waals surface area contributed by atoms with Crippen LogP contribution in [0.5, 0.6) is 0 Å². The lowest BCUT2D eigenvalue weighted by Gasteiger charge is -2.29. The quantitative estimate of drug-likeness (QED) is 0.305. The van der Waals surface area contributed by atoms with Crippen molar-refractivity contribution in [1.29, 1.82) is 0 Å². The lowest BCUT2D eigenvalue weighted by Crippen LogP contribution is -2.42. The van der Waals surface area contributed by atoms with Crippen molar-refractivity contribution in [3.63, 3.8) is 0 Å². The van der Waals surface area contributed by atoms with Crippen LogP contribution in [0.1, 0.15) is 33.5 Å². The van der Waals surface area contributed by atoms with E-state index in [1.807, 2.05) is 0 Å². The maximum Gasteiger partial charge on any atom is 0.435 e. The summed E-state index contributed by atoms with van der Waals surface area (Å²) in [5.74, 6) is -1.70. The number of oxime groups is 1. The zero-order valence-corrected chi connectivity index (χ0v) is 17.9. The predicted octanol–water partition coefficient (Wildman–Crippen LogP) is 5.77. The Morgan fingerprint density at radius 1 is 1.25 bits per heavy atom. The van der Waals surface area contributed by atoms with Gasteiger partial charge in [0.2, 0.25) is 6.41 Å². The highest BCUT2D eigenvalue weighted by Crippen LogP contribution is 2.50. The molecule has 0 spiro atoms. The first-order valence-electron chi connectivity index (χ1n) is 8.93. The van der Waals surface area contributed by atoms with E-state index in [4.69, 9.17) is 28.0 Å². The summed E-state index contributed by atoms with van der Waals surface area (Å²) in [6.07, 6.45) is -4.36. The van der Waals surface area contributed by atoms with Crippen LogP contribution in [0.2, 0.25) is 10.0 Å². The number of benzene rings is 2. The number of carbonyl (C=O) groups excluding carboxylic acids is 2. The van der Waals surface area contributed by atoms with Crippen LogP contribution >= 0.6 is 23.2 Å². The van der Waals surface area contributed by atoms with E-state index in [0.717, 1.165) is 23.2 Å². The number of amides is 2. The molecule has 0 N–H and O–H groups in total. The average molecular weight is 489 g/mol. The lowest BCUT2D eigenvalue weighted by atomic mass is 9.86. The van der Waals surface area contributed by atoms with Gasteiger partial charge in [-0.1, -0.05) is 41.0 Å². The molecule has 0 aromatic heterocycles. The second kappa shape index (κ2) is 8.55. The molecule has 32 heavy (non-hydrogen) atoms. The van der Waals surface area contributed by atoms with Gasteiger partial charge in [-0.2, -0.15) is 13.2 Å². The number of aryl methyl sites for hydroxylation is 1. The van der Waals surface area contributed by atoms with Gasteiger partial charge in [-0.05, 0) is 42.3 Å². The minimum atomic E-state index is -4.94. The molecule has 1 atom stereocenters. The molecule has 0 saturated heterocycles. The fourth-order valence-electron chi connectivity index (χ4n) is 3.24. The van der Waals surface area contributed by atoms with Crippen LogP contribution in [0.25, 0.3) is 0 Å². The Morgan fingerprint density at radius 3 is 2.38 bits per heavy atom. The zero-order valence-electron chi connectivity index (χ0n) is 16.3. The van der Waals surface area contributed by atoms with Gasteiger partial charge in [-0.15, -0.1) is 0 Å². The number of carbonyl (C=O) groups is 2. The fourth-order valence-corrected chi connectivity index (χ4v) is 3.73. The van der Waals surface area contributed by atoms with Gasteiger partial charge in [0.25, 0.3) is 11.5 Å². The van der Waals surface area contributed by atoms with Crippen molar-refractivity contribution in [3.05, 3.63) is 81.2 Å². The standard InChI is InChI=1S/C21H14Cl2F4N2O3/c1-3-29(10-30)19(31)14-5-4-12(6-11(14)2)17-9-20(32-28-17,21(25,26)27)13-7-15(22)18(24)16(23)8-13/h3-8,10H,1,9H2,2H3/t20-/m0/s1. The van der Waals surface area contributed by atoms with Crippen molar-refractivity contribution in [3.8, 4) is 0 Å². The Labute approximate surface area is 189 Å². The average Bonchev–Trinajstić information content (AvgIpc) is 3.19. The van der Waals surface area contributed by atoms with Gasteiger partial charge < -0.3 is 4.84 Å². The first kappa shape index (κ1) is 23.7. The van der Waals surface area contributed by atoms with Crippen LogP contribution in [-0.2, 0) is 15.2 Å². The summed E-state index contributed by atoms with van der Waals surface area (Å²) in [4.78, 5) is 28.9. The molecular weight excluding hydrogens is 475 g/mol. The minimum Gasteiger partial charge on any atom is -0.374 e. The van der Waals surface area contributed by atoms with Gasteiger partial charge in [0, 0.05) is 23.7 Å². The van der Waals surface area contributed by atoms with Crippen molar-refractivity contribution < 1.29 is 32.0 Å². The summed E-state index contributed by atoms with van der Waals surface area (Å²) in [5, 5.41) is 2.44. The number of rotatable bonds is 5. The maximum absolute atomic E-state index is 14.1. The van der Waals surface area contributed by atoms with Gasteiger partial charge in [0.1, 0.15) is 0 Å². The SMILES string of the molecule is C=CN(C=O)C(=O)c1ccc(C2=NO[C@@](c3cc(Cl)c(F)c(Cl)c3)(C(F)(F)F)C2)cc1C. The minimum absolute atomic E-state index is 0.0584. The molecule has 0 bridgehead atoms. The normalized spacial score (nSPS) is 18.0. The Kier molecular flexibility index (Phi) is 6.35. The second-order valence-electron chi connectivity index (χ2n) is 6.91. The van der Waals surface area contributed by atoms with E-state index < -0.39 is 45.5 Å². The molecule has 0 saturated carbocycles. The molecule has 1 aliphatic heterocycles. The van der Waals surface area contributed by atoms with E-state index in [2.05, 4.69) is 11.7 Å². The van der Waals surface area contributed by atoms with E-state index in [1.54, 1.807) is 6.92 Å². The van der Waals surface area contributed by atoms with E-state index >= 15 is 0 Å². The third-order valence-corrected chi connectivity index (χ3v) is 5.52. The van der Waals surface area contributed by atoms with Gasteiger partial charge >= 0.3 is 6.18 Å². The van der Waals surface area contributed by atoms with Crippen LogP contribution in [-0.4, -0.2) is 29.1 Å². The van der Waals surface area contributed by atoms with Crippen LogP contribution in [0.15, 0.2) is 48.3 Å². The Morgan fingerprint density at radius 2 is 1.88 bits per heavy atom. The summed E-state index contributed by atoms with van der Waals surface area (Å²) < 4.78 is 56.0. The highest BCUT2D eigenvalue weighted by Gasteiger charge is 2.62. The molecule has 2 amide bonds. The van der Waals surface area contributed by atoms with E-state index in [1.165, 1.54) is 18.2 Å². The lowest BCUT2D eigenvalue weighted by molar-refractivity contribution is -0.275. The van der Waals surface area contributed by atoms with Crippen molar-refractivity contribution in [2.24, 2.45) is 5.16 Å². The van der Waals surface area contributed by atoms with Crippen molar-refractivity contribution in [2.45, 2.75) is 25.1 Å². The van der Waals surface area contributed by atoms with Crippen LogP contribution in [0, 0.1) is 12.7 Å². The number of hydrogen-bond acceptors (Lipinski definition) is 4. The summed E-state index contributed by atoms with van der Waals surface area (Å²) in [6.45, 7) is 4.91. The van der Waals surface area contributed by atoms with Gasteiger partial charge in [0.15, 0.2) is 5.82 Å². The predicted molar refractivity (Wildman–Crippen MR) is 110 cm³/mol. The number of imide groups is 1. The van der Waals surface area contributed by atoms with Gasteiger partial charge in [0.05, 0.1) is 15.8 Å². The van der Waals surface area contributed by atoms with Gasteiger partial charge in [-0.3, -0.25) is 14.5 Å². The molecule has 11 heteroatoms. The molecule has 168 valence electrons. The van der Waals surface area contributed by atoms with E-state index in [-0.39, 0.29) is 23.2 Å². The second-order valence-corrected chi connectivity index (χ2v) is 7.73. The number of alkyl halides is 3. The molecule has 3 rings (SSSR count). The van der Waals surface area contributed by atoms with Crippen molar-refractivity contribution in [2.75, 3.05) is 0 Å². The third-order valence-electron chi connectivity index (χ3n) is 4.97. The Bertz CT molecular complexity index is 1120. The highest BCUT2D eigenvalue weighted by molar-refractivity contribution is 6.35. The van der Waals surface area contributed by atoms with Crippen LogP contribution in [0.3, 0.4) is 0 Å². The largest absolute Gasteiger partial charge is 0.435 e. The fraction of sp³-hybridized carbons (Fsp3) is 0.190. The molecule has 1 heterocycles. The molecule has 0 aliphatic carbocycles. The summed E-state index contributed by atoms with van der Waals surface area (Å²) in [6, 6.07) is 5.77. The highest BCUT2D eigenvalue weighted by atomic mass is 35.5. The monoisotopic (exact) mass is 488 g/mol. The van der Waals surface area contributed by atoms with Crippen LogP contribution in [0.4, 0.5) is 17.6 Å². The Hall–Kier alpha value is -2.91. The molecule has 2 aromatic rings. The maximum atomic E-state index is 14.1. The molecule has 0 radical (unpaired) electrons. The molecule has 1 aliphatic rings. The van der Waals surface area contributed by atoms with E-state index in [0.29, 0.717) is 5.56 Å². The van der Waals surface area contributed by atoms with Crippen molar-refractivity contribution in [1.82, 2.24) is 4.90 Å².